The number of nitrogens with zero attached hydrogens (tertiary/aromatic N) is 3. The van der Waals surface area contributed by atoms with Gasteiger partial charge in [-0.15, -0.1) is 0 Å². The monoisotopic (exact) mass is 426 g/mol. The average Bonchev–Trinajstić information content (AvgIpc) is 3.34. The zero-order valence-corrected chi connectivity index (χ0v) is 17.9. The summed E-state index contributed by atoms with van der Waals surface area (Å²) in [5.74, 6) is 0.422. The van der Waals surface area contributed by atoms with Crippen LogP contribution in [0.25, 0.3) is 22.2 Å². The molecule has 1 amide bonds. The van der Waals surface area contributed by atoms with Crippen LogP contribution in [0.4, 0.5) is 0 Å². The van der Waals surface area contributed by atoms with Crippen LogP contribution in [-0.2, 0) is 6.54 Å². The topological polar surface area (TPSA) is 71.3 Å². The number of hydrogen-bond acceptors (Lipinski definition) is 5. The van der Waals surface area contributed by atoms with Gasteiger partial charge in [-0.05, 0) is 70.5 Å². The van der Waals surface area contributed by atoms with Gasteiger partial charge in [-0.25, -0.2) is 4.63 Å². The molecular weight excluding hydrogens is 400 g/mol. The van der Waals surface area contributed by atoms with E-state index in [0.29, 0.717) is 18.0 Å². The number of rotatable bonds is 6. The van der Waals surface area contributed by atoms with Gasteiger partial charge in [0.2, 0.25) is 0 Å². The first-order valence-corrected chi connectivity index (χ1v) is 11.1. The Morgan fingerprint density at radius 2 is 1.78 bits per heavy atom. The zero-order chi connectivity index (χ0) is 21.8. The van der Waals surface area contributed by atoms with Crippen molar-refractivity contribution < 1.29 is 9.42 Å². The Morgan fingerprint density at radius 3 is 2.62 bits per heavy atom. The number of hydrogen-bond donors (Lipinski definition) is 1. The molecule has 1 atom stereocenters. The standard InChI is InChI=1S/C26H26N4O2/c31-26(22-13-11-21(12-14-22)20-7-2-1-3-8-20)27-16-19-6-5-15-30(17-19)18-23-9-4-10-24-25(23)29-32-28-24/h1-4,7-14,19H,5-6,15-18H2,(H,27,31)/t19-/m1/s1. The third-order valence-electron chi connectivity index (χ3n) is 6.17. The second-order valence-electron chi connectivity index (χ2n) is 8.45. The van der Waals surface area contributed by atoms with Crippen molar-refractivity contribution >= 4 is 16.9 Å². The van der Waals surface area contributed by atoms with Gasteiger partial charge < -0.3 is 5.32 Å². The summed E-state index contributed by atoms with van der Waals surface area (Å²) in [7, 11) is 0. The summed E-state index contributed by atoms with van der Waals surface area (Å²) in [6, 6.07) is 24.0. The van der Waals surface area contributed by atoms with Gasteiger partial charge in [0.05, 0.1) is 0 Å². The summed E-state index contributed by atoms with van der Waals surface area (Å²) in [6.45, 7) is 3.50. The van der Waals surface area contributed by atoms with Crippen molar-refractivity contribution in [3.8, 4) is 11.1 Å². The fourth-order valence-corrected chi connectivity index (χ4v) is 4.48. The van der Waals surface area contributed by atoms with E-state index in [1.54, 1.807) is 0 Å². The summed E-state index contributed by atoms with van der Waals surface area (Å²) in [6.07, 6.45) is 2.25. The molecule has 2 heterocycles. The van der Waals surface area contributed by atoms with Gasteiger partial charge >= 0.3 is 0 Å². The van der Waals surface area contributed by atoms with Crippen LogP contribution in [0.15, 0.2) is 77.4 Å². The van der Waals surface area contributed by atoms with E-state index in [-0.39, 0.29) is 5.91 Å². The van der Waals surface area contributed by atoms with Gasteiger partial charge in [0, 0.05) is 25.2 Å². The van der Waals surface area contributed by atoms with Crippen LogP contribution < -0.4 is 5.32 Å². The van der Waals surface area contributed by atoms with Crippen molar-refractivity contribution in [1.29, 1.82) is 0 Å². The number of fused-ring (bicyclic) bond motifs is 1. The number of aromatic nitrogens is 2. The lowest BCUT2D eigenvalue weighted by molar-refractivity contribution is 0.0930. The smallest absolute Gasteiger partial charge is 0.251 e. The largest absolute Gasteiger partial charge is 0.352 e. The summed E-state index contributed by atoms with van der Waals surface area (Å²) in [5.41, 5.74) is 5.72. The lowest BCUT2D eigenvalue weighted by Crippen LogP contribution is -2.40. The minimum absolute atomic E-state index is 0.0137. The lowest BCUT2D eigenvalue weighted by atomic mass is 9.97. The van der Waals surface area contributed by atoms with Crippen LogP contribution in [0, 0.1) is 5.92 Å². The van der Waals surface area contributed by atoms with Crippen molar-refractivity contribution in [3.63, 3.8) is 0 Å². The molecule has 0 spiro atoms. The lowest BCUT2D eigenvalue weighted by Gasteiger charge is -2.32. The molecule has 5 rings (SSSR count). The zero-order valence-electron chi connectivity index (χ0n) is 17.9. The molecule has 162 valence electrons. The first-order valence-electron chi connectivity index (χ1n) is 11.1. The fraction of sp³-hybridized carbons (Fsp3) is 0.269. The Morgan fingerprint density at radius 1 is 0.969 bits per heavy atom. The van der Waals surface area contributed by atoms with E-state index in [1.807, 2.05) is 54.6 Å². The highest BCUT2D eigenvalue weighted by molar-refractivity contribution is 5.94. The van der Waals surface area contributed by atoms with Crippen molar-refractivity contribution in [2.75, 3.05) is 19.6 Å². The molecule has 1 N–H and O–H groups in total. The highest BCUT2D eigenvalue weighted by atomic mass is 16.6. The Bertz CT molecular complexity index is 1190. The second-order valence-corrected chi connectivity index (χ2v) is 8.45. The molecule has 0 radical (unpaired) electrons. The van der Waals surface area contributed by atoms with Gasteiger partial charge in [0.15, 0.2) is 0 Å². The number of amides is 1. The van der Waals surface area contributed by atoms with Crippen molar-refractivity contribution in [3.05, 3.63) is 83.9 Å². The molecule has 1 saturated heterocycles. The first-order chi connectivity index (χ1) is 15.8. The van der Waals surface area contributed by atoms with Crippen molar-refractivity contribution in [2.24, 2.45) is 5.92 Å². The van der Waals surface area contributed by atoms with Gasteiger partial charge in [0.1, 0.15) is 11.0 Å². The third kappa shape index (κ3) is 4.55. The minimum atomic E-state index is -0.0137. The molecule has 3 aromatic carbocycles. The molecule has 1 fully saturated rings. The molecule has 0 aliphatic carbocycles. The third-order valence-corrected chi connectivity index (χ3v) is 6.17. The number of piperidine rings is 1. The highest BCUT2D eigenvalue weighted by Gasteiger charge is 2.22. The molecular formula is C26H26N4O2. The van der Waals surface area contributed by atoms with Crippen LogP contribution in [0.5, 0.6) is 0 Å². The Labute approximate surface area is 187 Å². The first kappa shape index (κ1) is 20.4. The van der Waals surface area contributed by atoms with Crippen LogP contribution in [0.1, 0.15) is 28.8 Å². The minimum Gasteiger partial charge on any atom is -0.352 e. The van der Waals surface area contributed by atoms with E-state index >= 15 is 0 Å². The highest BCUT2D eigenvalue weighted by Crippen LogP contribution is 2.22. The van der Waals surface area contributed by atoms with Crippen LogP contribution >= 0.6 is 0 Å². The van der Waals surface area contributed by atoms with Gasteiger partial charge in [-0.2, -0.15) is 0 Å². The maximum Gasteiger partial charge on any atom is 0.251 e. The quantitative estimate of drug-likeness (QED) is 0.490. The molecule has 4 aromatic rings. The van der Waals surface area contributed by atoms with E-state index in [4.69, 9.17) is 4.63 Å². The van der Waals surface area contributed by atoms with E-state index in [9.17, 15) is 4.79 Å². The predicted molar refractivity (Wildman–Crippen MR) is 124 cm³/mol. The van der Waals surface area contributed by atoms with E-state index in [1.165, 1.54) is 0 Å². The maximum absolute atomic E-state index is 12.7. The molecule has 6 nitrogen and oxygen atoms in total. The van der Waals surface area contributed by atoms with Crippen molar-refractivity contribution in [1.82, 2.24) is 20.5 Å². The average molecular weight is 427 g/mol. The molecule has 0 saturated carbocycles. The molecule has 0 bridgehead atoms. The molecule has 0 unspecified atom stereocenters. The van der Waals surface area contributed by atoms with Crippen LogP contribution in [-0.4, -0.2) is 40.8 Å². The van der Waals surface area contributed by atoms with E-state index < -0.39 is 0 Å². The Hall–Kier alpha value is -3.51. The van der Waals surface area contributed by atoms with Crippen molar-refractivity contribution in [2.45, 2.75) is 19.4 Å². The SMILES string of the molecule is O=C(NC[C@H]1CCCN(Cc2cccc3nonc23)C1)c1ccc(-c2ccccc2)cc1. The number of nitrogens with one attached hydrogen (secondary N) is 1. The van der Waals surface area contributed by atoms with Crippen LogP contribution in [0.3, 0.4) is 0 Å². The Balaban J connectivity index is 1.16. The van der Waals surface area contributed by atoms with Gasteiger partial charge in [-0.3, -0.25) is 9.69 Å². The number of carbonyl (C=O) groups is 1. The van der Waals surface area contributed by atoms with Gasteiger partial charge in [0.25, 0.3) is 5.91 Å². The summed E-state index contributed by atoms with van der Waals surface area (Å²) < 4.78 is 4.89. The Kier molecular flexibility index (Phi) is 5.94. The summed E-state index contributed by atoms with van der Waals surface area (Å²) in [4.78, 5) is 15.1. The molecule has 1 aliphatic heterocycles. The second kappa shape index (κ2) is 9.32. The number of carbonyl (C=O) groups excluding carboxylic acids is 1. The molecule has 32 heavy (non-hydrogen) atoms. The molecule has 1 aliphatic rings. The number of benzene rings is 3. The summed E-state index contributed by atoms with van der Waals surface area (Å²) >= 11 is 0. The number of likely N-dealkylation sites (tertiary alicyclic amines) is 1. The summed E-state index contributed by atoms with van der Waals surface area (Å²) in [5, 5.41) is 11.1. The normalized spacial score (nSPS) is 16.8. The van der Waals surface area contributed by atoms with E-state index in [0.717, 1.165) is 60.2 Å². The van der Waals surface area contributed by atoms with Crippen LogP contribution in [0.2, 0.25) is 0 Å². The van der Waals surface area contributed by atoms with E-state index in [2.05, 4.69) is 38.7 Å². The molecule has 6 heteroatoms. The maximum atomic E-state index is 12.7. The van der Waals surface area contributed by atoms with Gasteiger partial charge in [-0.1, -0.05) is 54.6 Å². The fourth-order valence-electron chi connectivity index (χ4n) is 4.48. The molecule has 1 aromatic heterocycles. The predicted octanol–water partition coefficient (Wildman–Crippen LogP) is 4.53.